The van der Waals surface area contributed by atoms with E-state index in [0.29, 0.717) is 0 Å². The predicted molar refractivity (Wildman–Crippen MR) is 54.1 cm³/mol. The second-order valence-electron chi connectivity index (χ2n) is 3.46. The molecule has 0 aromatic heterocycles. The molecule has 1 aliphatic rings. The van der Waals surface area contributed by atoms with Gasteiger partial charge in [-0.05, 0) is 0 Å². The number of carbonyl (C=O) groups excluding carboxylic acids is 1. The van der Waals surface area contributed by atoms with Gasteiger partial charge in [0, 0.05) is 6.92 Å². The molecule has 5 N–H and O–H groups in total. The van der Waals surface area contributed by atoms with E-state index in [9.17, 15) is 20.1 Å². The zero-order chi connectivity index (χ0) is 11.6. The van der Waals surface area contributed by atoms with Crippen molar-refractivity contribution in [3.05, 3.63) is 0 Å². The van der Waals surface area contributed by atoms with Gasteiger partial charge in [0.05, 0.1) is 24.0 Å². The molecule has 88 valence electrons. The van der Waals surface area contributed by atoms with Crippen molar-refractivity contribution in [1.29, 1.82) is 0 Å². The maximum Gasteiger partial charge on any atom is 0.217 e. The van der Waals surface area contributed by atoms with E-state index in [1.807, 2.05) is 0 Å². The first-order valence-electron chi connectivity index (χ1n) is 4.55. The number of nitrogens with one attached hydrogen (secondary N) is 1. The third-order valence-electron chi connectivity index (χ3n) is 2.27. The van der Waals surface area contributed by atoms with Crippen LogP contribution in [0.2, 0.25) is 0 Å². The Morgan fingerprint density at radius 1 is 1.33 bits per heavy atom. The Balaban J connectivity index is 2.70. The normalized spacial score (nSPS) is 41.3. The summed E-state index contributed by atoms with van der Waals surface area (Å²) in [6.07, 6.45) is -2.44. The molecule has 0 bridgehead atoms. The summed E-state index contributed by atoms with van der Waals surface area (Å²) < 4.78 is 0. The lowest BCUT2D eigenvalue weighted by molar-refractivity contribution is -0.122. The predicted octanol–water partition coefficient (Wildman–Crippen LogP) is -2.36. The molecule has 0 spiro atoms. The molecule has 5 atom stereocenters. The molecular weight excluding hydrogens is 222 g/mol. The van der Waals surface area contributed by atoms with E-state index >= 15 is 0 Å². The average molecular weight is 237 g/mol. The fourth-order valence-corrected chi connectivity index (χ4v) is 2.65. The molecule has 1 saturated heterocycles. The minimum atomic E-state index is -1.28. The first-order chi connectivity index (χ1) is 6.97. The van der Waals surface area contributed by atoms with E-state index in [-0.39, 0.29) is 6.61 Å². The molecule has 0 radical (unpaired) electrons. The van der Waals surface area contributed by atoms with Gasteiger partial charge in [-0.1, -0.05) is 0 Å². The maximum atomic E-state index is 10.8. The minimum absolute atomic E-state index is 0.341. The van der Waals surface area contributed by atoms with Crippen molar-refractivity contribution in [2.75, 3.05) is 6.61 Å². The largest absolute Gasteiger partial charge is 0.395 e. The summed E-state index contributed by atoms with van der Waals surface area (Å²) in [5, 5.41) is 39.3. The second-order valence-corrected chi connectivity index (χ2v) is 4.82. The van der Waals surface area contributed by atoms with Gasteiger partial charge in [0.2, 0.25) is 5.91 Å². The highest BCUT2D eigenvalue weighted by atomic mass is 32.2. The van der Waals surface area contributed by atoms with Crippen LogP contribution < -0.4 is 5.32 Å². The zero-order valence-corrected chi connectivity index (χ0v) is 9.02. The third-order valence-corrected chi connectivity index (χ3v) is 3.62. The van der Waals surface area contributed by atoms with Gasteiger partial charge in [-0.15, -0.1) is 11.8 Å². The maximum absolute atomic E-state index is 10.8. The fourth-order valence-electron chi connectivity index (χ4n) is 1.49. The van der Waals surface area contributed by atoms with E-state index in [2.05, 4.69) is 5.32 Å². The lowest BCUT2D eigenvalue weighted by Gasteiger charge is -2.39. The summed E-state index contributed by atoms with van der Waals surface area (Å²) in [6.45, 7) is 0.918. The third kappa shape index (κ3) is 2.82. The first-order valence-corrected chi connectivity index (χ1v) is 5.49. The van der Waals surface area contributed by atoms with Crippen LogP contribution in [0, 0.1) is 0 Å². The van der Waals surface area contributed by atoms with Crippen molar-refractivity contribution in [1.82, 2.24) is 5.32 Å². The van der Waals surface area contributed by atoms with Gasteiger partial charge in [-0.2, -0.15) is 0 Å². The molecule has 0 aromatic rings. The van der Waals surface area contributed by atoms with Crippen LogP contribution in [0.1, 0.15) is 6.92 Å². The number of rotatable bonds is 2. The van der Waals surface area contributed by atoms with E-state index in [4.69, 9.17) is 5.11 Å². The molecule has 0 aromatic carbocycles. The van der Waals surface area contributed by atoms with Gasteiger partial charge in [0.1, 0.15) is 11.5 Å². The van der Waals surface area contributed by atoms with Gasteiger partial charge in [-0.3, -0.25) is 4.79 Å². The fraction of sp³-hybridized carbons (Fsp3) is 0.875. The molecule has 0 saturated carbocycles. The van der Waals surface area contributed by atoms with E-state index in [0.717, 1.165) is 11.8 Å². The number of thioether (sulfide) groups is 1. The van der Waals surface area contributed by atoms with Crippen LogP contribution in [0.5, 0.6) is 0 Å². The molecule has 6 nitrogen and oxygen atoms in total. The molecular formula is C8H15NO5S. The highest BCUT2D eigenvalue weighted by Gasteiger charge is 2.43. The van der Waals surface area contributed by atoms with Gasteiger partial charge < -0.3 is 25.7 Å². The number of hydrogen-bond donors (Lipinski definition) is 5. The van der Waals surface area contributed by atoms with Crippen LogP contribution in [0.3, 0.4) is 0 Å². The Kier molecular flexibility index (Phi) is 4.35. The molecule has 1 aliphatic heterocycles. The summed E-state index contributed by atoms with van der Waals surface area (Å²) in [6, 6.07) is -0.912. The highest BCUT2D eigenvalue weighted by molar-refractivity contribution is 8.00. The molecule has 15 heavy (non-hydrogen) atoms. The number of carbonyl (C=O) groups is 1. The topological polar surface area (TPSA) is 110 Å². The number of aliphatic hydroxyl groups is 4. The summed E-state index contributed by atoms with van der Waals surface area (Å²) in [5.41, 5.74) is -1.04. The van der Waals surface area contributed by atoms with E-state index in [1.165, 1.54) is 6.92 Å². The van der Waals surface area contributed by atoms with Crippen LogP contribution in [0.4, 0.5) is 0 Å². The van der Waals surface area contributed by atoms with Crippen molar-refractivity contribution < 1.29 is 25.2 Å². The first kappa shape index (κ1) is 12.7. The van der Waals surface area contributed by atoms with Crippen LogP contribution in [0.15, 0.2) is 0 Å². The zero-order valence-electron chi connectivity index (χ0n) is 8.20. The minimum Gasteiger partial charge on any atom is -0.395 e. The number of hydrogen-bond acceptors (Lipinski definition) is 6. The van der Waals surface area contributed by atoms with Crippen LogP contribution in [-0.4, -0.2) is 61.9 Å². The summed E-state index contributed by atoms with van der Waals surface area (Å²) in [4.78, 5) is 10.8. The Morgan fingerprint density at radius 3 is 2.40 bits per heavy atom. The smallest absolute Gasteiger partial charge is 0.217 e. The van der Waals surface area contributed by atoms with Gasteiger partial charge >= 0.3 is 0 Å². The quantitative estimate of drug-likeness (QED) is 0.367. The molecule has 1 amide bonds. The van der Waals surface area contributed by atoms with E-state index in [1.54, 1.807) is 0 Å². The van der Waals surface area contributed by atoms with Crippen molar-refractivity contribution in [2.24, 2.45) is 0 Å². The summed E-state index contributed by atoms with van der Waals surface area (Å²) >= 11 is 0.929. The summed E-state index contributed by atoms with van der Waals surface area (Å²) in [5.74, 6) is -0.395. The Labute approximate surface area is 91.3 Å². The Morgan fingerprint density at radius 2 is 1.93 bits per heavy atom. The van der Waals surface area contributed by atoms with E-state index < -0.39 is 34.8 Å². The van der Waals surface area contributed by atoms with Crippen molar-refractivity contribution in [3.63, 3.8) is 0 Å². The molecule has 7 heteroatoms. The standard InChI is InChI=1S/C8H15NO5S/c1-3(11)9-5-7(13)6(12)4(2-10)15-8(5)14/h4-8,10,12-14H,2H2,1H3,(H,9,11)/t4-,5-,6-,7-,8+/m1/s1. The lowest BCUT2D eigenvalue weighted by Crippen LogP contribution is -2.60. The second kappa shape index (κ2) is 5.13. The van der Waals surface area contributed by atoms with Crippen LogP contribution >= 0.6 is 11.8 Å². The van der Waals surface area contributed by atoms with Gasteiger partial charge in [-0.25, -0.2) is 0 Å². The molecule has 0 unspecified atom stereocenters. The van der Waals surface area contributed by atoms with Crippen molar-refractivity contribution in [2.45, 2.75) is 35.9 Å². The lowest BCUT2D eigenvalue weighted by atomic mass is 10.0. The molecule has 0 aliphatic carbocycles. The molecule has 1 fully saturated rings. The van der Waals surface area contributed by atoms with Gasteiger partial charge in [0.15, 0.2) is 0 Å². The Hall–Kier alpha value is -0.340. The average Bonchev–Trinajstić information content (AvgIpc) is 2.18. The van der Waals surface area contributed by atoms with Crippen LogP contribution in [0.25, 0.3) is 0 Å². The monoisotopic (exact) mass is 237 g/mol. The van der Waals surface area contributed by atoms with Crippen molar-refractivity contribution in [3.8, 4) is 0 Å². The number of aliphatic hydroxyl groups excluding tert-OH is 4. The van der Waals surface area contributed by atoms with Crippen molar-refractivity contribution >= 4 is 17.7 Å². The SMILES string of the molecule is CC(=O)N[C@@H]1[C@@H](O)[C@H](O)[C@@H](CO)S[C@@H]1O. The Bertz CT molecular complexity index is 239. The summed E-state index contributed by atoms with van der Waals surface area (Å²) in [7, 11) is 0. The van der Waals surface area contributed by atoms with Gasteiger partial charge in [0.25, 0.3) is 0 Å². The molecule has 1 heterocycles. The molecule has 1 rings (SSSR count). The highest BCUT2D eigenvalue weighted by Crippen LogP contribution is 2.30. The number of amides is 1. The van der Waals surface area contributed by atoms with Crippen LogP contribution in [-0.2, 0) is 4.79 Å².